The van der Waals surface area contributed by atoms with Crippen LogP contribution in [0.5, 0.6) is 11.5 Å². The van der Waals surface area contributed by atoms with Gasteiger partial charge in [0, 0.05) is 25.2 Å². The number of nitrogens with zero attached hydrogens (tertiary/aromatic N) is 2. The van der Waals surface area contributed by atoms with Gasteiger partial charge in [0.05, 0.1) is 11.4 Å². The average Bonchev–Trinajstić information content (AvgIpc) is 3.01. The summed E-state index contributed by atoms with van der Waals surface area (Å²) in [6.45, 7) is 2.07. The molecule has 2 aliphatic rings. The van der Waals surface area contributed by atoms with Crippen LogP contribution in [0.3, 0.4) is 0 Å². The first-order valence-electron chi connectivity index (χ1n) is 8.82. The summed E-state index contributed by atoms with van der Waals surface area (Å²) in [5, 5.41) is 0. The quantitative estimate of drug-likeness (QED) is 0.698. The van der Waals surface area contributed by atoms with E-state index in [1.165, 1.54) is 0 Å². The lowest BCUT2D eigenvalue weighted by Crippen LogP contribution is -2.34. The molecule has 5 rings (SSSR count). The smallest absolute Gasteiger partial charge is 0.254 e. The number of benzene rings is 3. The van der Waals surface area contributed by atoms with Gasteiger partial charge in [-0.05, 0) is 35.9 Å². The minimum Gasteiger partial charge on any atom is -0.453 e. The summed E-state index contributed by atoms with van der Waals surface area (Å²) in [5.74, 6) is 1.82. The molecule has 1 amide bonds. The topological polar surface area (TPSA) is 32.8 Å². The largest absolute Gasteiger partial charge is 0.453 e. The fourth-order valence-electron chi connectivity index (χ4n) is 3.74. The average molecular weight is 342 g/mol. The highest BCUT2D eigenvalue weighted by atomic mass is 16.5. The summed E-state index contributed by atoms with van der Waals surface area (Å²) < 4.78 is 6.03. The number of hydrogen-bond donors (Lipinski definition) is 0. The van der Waals surface area contributed by atoms with E-state index in [9.17, 15) is 4.79 Å². The van der Waals surface area contributed by atoms with E-state index < -0.39 is 0 Å². The molecule has 0 bridgehead atoms. The van der Waals surface area contributed by atoms with Gasteiger partial charge in [-0.1, -0.05) is 42.5 Å². The standard InChI is InChI=1S/C22H18N2O2/c25-22-17-8-2-1-7-16(17)15-23(22)13-14-24-18-9-3-5-11-20(18)26-21-12-6-4-10-19(21)24/h1-12H,13-15H2. The van der Waals surface area contributed by atoms with E-state index in [4.69, 9.17) is 4.74 Å². The van der Waals surface area contributed by atoms with Crippen molar-refractivity contribution in [3.05, 3.63) is 83.9 Å². The Morgan fingerprint density at radius 3 is 2.08 bits per heavy atom. The number of carbonyl (C=O) groups excluding carboxylic acids is 1. The molecule has 0 saturated heterocycles. The van der Waals surface area contributed by atoms with E-state index in [0.29, 0.717) is 13.1 Å². The van der Waals surface area contributed by atoms with Gasteiger partial charge < -0.3 is 14.5 Å². The van der Waals surface area contributed by atoms with Crippen molar-refractivity contribution in [3.63, 3.8) is 0 Å². The van der Waals surface area contributed by atoms with Crippen LogP contribution >= 0.6 is 0 Å². The van der Waals surface area contributed by atoms with Crippen molar-refractivity contribution in [3.8, 4) is 11.5 Å². The van der Waals surface area contributed by atoms with E-state index in [1.807, 2.05) is 65.6 Å². The Bertz CT molecular complexity index is 953. The molecule has 0 spiro atoms. The molecule has 0 fully saturated rings. The van der Waals surface area contributed by atoms with Crippen LogP contribution in [-0.2, 0) is 6.54 Å². The minimum atomic E-state index is 0.121. The molecule has 0 unspecified atom stereocenters. The van der Waals surface area contributed by atoms with Crippen molar-refractivity contribution in [2.75, 3.05) is 18.0 Å². The molecule has 0 aliphatic carbocycles. The van der Waals surface area contributed by atoms with Gasteiger partial charge >= 0.3 is 0 Å². The Labute approximate surface area is 152 Å². The third-order valence-electron chi connectivity index (χ3n) is 5.02. The van der Waals surface area contributed by atoms with Crippen LogP contribution in [0.25, 0.3) is 0 Å². The second kappa shape index (κ2) is 5.92. The summed E-state index contributed by atoms with van der Waals surface area (Å²) in [7, 11) is 0. The van der Waals surface area contributed by atoms with Gasteiger partial charge in [-0.2, -0.15) is 0 Å². The molecule has 26 heavy (non-hydrogen) atoms. The lowest BCUT2D eigenvalue weighted by molar-refractivity contribution is 0.0783. The summed E-state index contributed by atoms with van der Waals surface area (Å²) in [6.07, 6.45) is 0. The number of amides is 1. The molecule has 0 radical (unpaired) electrons. The number of carbonyl (C=O) groups is 1. The van der Waals surface area contributed by atoms with Crippen LogP contribution in [0.4, 0.5) is 11.4 Å². The van der Waals surface area contributed by atoms with Gasteiger partial charge in [-0.25, -0.2) is 0 Å². The number of para-hydroxylation sites is 4. The van der Waals surface area contributed by atoms with Gasteiger partial charge in [0.15, 0.2) is 11.5 Å². The molecule has 0 N–H and O–H groups in total. The van der Waals surface area contributed by atoms with Gasteiger partial charge in [-0.3, -0.25) is 4.79 Å². The molecule has 3 aromatic rings. The fraction of sp³-hybridized carbons (Fsp3) is 0.136. The molecule has 2 heterocycles. The van der Waals surface area contributed by atoms with Crippen LogP contribution in [0, 0.1) is 0 Å². The molecule has 0 aromatic heterocycles. The maximum atomic E-state index is 12.6. The summed E-state index contributed by atoms with van der Waals surface area (Å²) in [6, 6.07) is 23.9. The van der Waals surface area contributed by atoms with E-state index in [2.05, 4.69) is 17.0 Å². The zero-order chi connectivity index (χ0) is 17.5. The Morgan fingerprint density at radius 2 is 1.38 bits per heavy atom. The number of hydrogen-bond acceptors (Lipinski definition) is 3. The Hall–Kier alpha value is -3.27. The van der Waals surface area contributed by atoms with Gasteiger partial charge in [0.2, 0.25) is 0 Å². The second-order valence-electron chi connectivity index (χ2n) is 6.57. The maximum absolute atomic E-state index is 12.6. The fourth-order valence-corrected chi connectivity index (χ4v) is 3.74. The first-order chi connectivity index (χ1) is 12.8. The minimum absolute atomic E-state index is 0.121. The van der Waals surface area contributed by atoms with E-state index >= 15 is 0 Å². The first kappa shape index (κ1) is 15.0. The van der Waals surface area contributed by atoms with Crippen molar-refractivity contribution in [1.29, 1.82) is 0 Å². The number of anilines is 2. The highest BCUT2D eigenvalue weighted by Crippen LogP contribution is 2.46. The molecule has 2 aliphatic heterocycles. The molecule has 3 aromatic carbocycles. The normalized spacial score (nSPS) is 14.5. The Kier molecular flexibility index (Phi) is 3.42. The SMILES string of the molecule is O=C1c2ccccc2CN1CCN1c2ccccc2Oc2ccccc21. The molecular weight excluding hydrogens is 324 g/mol. The van der Waals surface area contributed by atoms with Crippen LogP contribution in [0.1, 0.15) is 15.9 Å². The third-order valence-corrected chi connectivity index (χ3v) is 5.02. The third kappa shape index (κ3) is 2.34. The highest BCUT2D eigenvalue weighted by molar-refractivity contribution is 5.98. The molecule has 0 atom stereocenters. The number of ether oxygens (including phenoxy) is 1. The highest BCUT2D eigenvalue weighted by Gasteiger charge is 2.29. The Balaban J connectivity index is 1.42. The molecule has 4 heteroatoms. The van der Waals surface area contributed by atoms with Crippen LogP contribution < -0.4 is 9.64 Å². The zero-order valence-electron chi connectivity index (χ0n) is 14.3. The second-order valence-corrected chi connectivity index (χ2v) is 6.57. The molecule has 0 saturated carbocycles. The van der Waals surface area contributed by atoms with Crippen molar-refractivity contribution in [2.24, 2.45) is 0 Å². The van der Waals surface area contributed by atoms with Gasteiger partial charge in [-0.15, -0.1) is 0 Å². The van der Waals surface area contributed by atoms with Gasteiger partial charge in [0.25, 0.3) is 5.91 Å². The predicted molar refractivity (Wildman–Crippen MR) is 101 cm³/mol. The van der Waals surface area contributed by atoms with Crippen LogP contribution in [-0.4, -0.2) is 23.9 Å². The molecule has 4 nitrogen and oxygen atoms in total. The summed E-state index contributed by atoms with van der Waals surface area (Å²) >= 11 is 0. The van der Waals surface area contributed by atoms with Gasteiger partial charge in [0.1, 0.15) is 0 Å². The Morgan fingerprint density at radius 1 is 0.769 bits per heavy atom. The van der Waals surface area contributed by atoms with Crippen molar-refractivity contribution < 1.29 is 9.53 Å². The van der Waals surface area contributed by atoms with Crippen molar-refractivity contribution >= 4 is 17.3 Å². The number of fused-ring (bicyclic) bond motifs is 3. The molecular formula is C22H18N2O2. The number of rotatable bonds is 3. The molecule has 128 valence electrons. The van der Waals surface area contributed by atoms with Crippen molar-refractivity contribution in [2.45, 2.75) is 6.54 Å². The van der Waals surface area contributed by atoms with E-state index in [0.717, 1.165) is 40.5 Å². The van der Waals surface area contributed by atoms with E-state index in [1.54, 1.807) is 0 Å². The zero-order valence-corrected chi connectivity index (χ0v) is 14.3. The van der Waals surface area contributed by atoms with Crippen LogP contribution in [0.2, 0.25) is 0 Å². The monoisotopic (exact) mass is 342 g/mol. The summed E-state index contributed by atoms with van der Waals surface area (Å²) in [5.41, 5.74) is 4.02. The van der Waals surface area contributed by atoms with Crippen LogP contribution in [0.15, 0.2) is 72.8 Å². The van der Waals surface area contributed by atoms with Crippen molar-refractivity contribution in [1.82, 2.24) is 4.90 Å². The summed E-state index contributed by atoms with van der Waals surface area (Å²) in [4.78, 5) is 16.8. The lowest BCUT2D eigenvalue weighted by Gasteiger charge is -2.33. The maximum Gasteiger partial charge on any atom is 0.254 e. The lowest BCUT2D eigenvalue weighted by atomic mass is 10.1. The predicted octanol–water partition coefficient (Wildman–Crippen LogP) is 4.59. The van der Waals surface area contributed by atoms with E-state index in [-0.39, 0.29) is 5.91 Å². The first-order valence-corrected chi connectivity index (χ1v) is 8.82.